The summed E-state index contributed by atoms with van der Waals surface area (Å²) >= 11 is 0. The summed E-state index contributed by atoms with van der Waals surface area (Å²) in [6, 6.07) is 0.0556. The highest BCUT2D eigenvalue weighted by molar-refractivity contribution is 4.78. The van der Waals surface area contributed by atoms with Crippen molar-refractivity contribution in [1.82, 2.24) is 5.06 Å². The monoisotopic (exact) mass is 101 g/mol. The fourth-order valence-electron chi connectivity index (χ4n) is 0.153. The lowest BCUT2D eigenvalue weighted by atomic mass is 10.3. The molecule has 0 saturated heterocycles. The summed E-state index contributed by atoms with van der Waals surface area (Å²) in [6.45, 7) is 5.33. The predicted octanol–water partition coefficient (Wildman–Crippen LogP) is 0.882. The zero-order valence-corrected chi connectivity index (χ0v) is 4.76. The maximum absolute atomic E-state index is 8.58. The molecule has 0 aromatic heterocycles. The molecule has 0 bridgehead atoms. The van der Waals surface area contributed by atoms with Gasteiger partial charge in [0.2, 0.25) is 0 Å². The molecule has 1 unspecified atom stereocenters. The fraction of sp³-hybridized carbons (Fsp3) is 0.600. The number of hydrogen-bond donors (Lipinski definition) is 1. The van der Waals surface area contributed by atoms with Gasteiger partial charge in [0.1, 0.15) is 0 Å². The van der Waals surface area contributed by atoms with Gasteiger partial charge in [0.15, 0.2) is 0 Å². The van der Waals surface area contributed by atoms with Crippen molar-refractivity contribution in [3.05, 3.63) is 12.7 Å². The van der Waals surface area contributed by atoms with Crippen molar-refractivity contribution in [2.24, 2.45) is 0 Å². The second kappa shape index (κ2) is 2.77. The Labute approximate surface area is 44.0 Å². The van der Waals surface area contributed by atoms with E-state index in [0.29, 0.717) is 0 Å². The summed E-state index contributed by atoms with van der Waals surface area (Å²) in [6.07, 6.45) is 1.67. The molecule has 0 aromatic carbocycles. The summed E-state index contributed by atoms with van der Waals surface area (Å²) in [5, 5.41) is 9.69. The van der Waals surface area contributed by atoms with E-state index in [0.717, 1.165) is 5.06 Å². The van der Waals surface area contributed by atoms with E-state index in [2.05, 4.69) is 6.58 Å². The minimum absolute atomic E-state index is 0.0556. The van der Waals surface area contributed by atoms with E-state index < -0.39 is 0 Å². The van der Waals surface area contributed by atoms with Crippen LogP contribution in [-0.4, -0.2) is 23.4 Å². The van der Waals surface area contributed by atoms with E-state index in [-0.39, 0.29) is 6.04 Å². The number of rotatable bonds is 2. The smallest absolute Gasteiger partial charge is 0.0496 e. The average molecular weight is 101 g/mol. The maximum atomic E-state index is 8.58. The summed E-state index contributed by atoms with van der Waals surface area (Å²) < 4.78 is 0. The van der Waals surface area contributed by atoms with E-state index in [1.54, 1.807) is 13.1 Å². The van der Waals surface area contributed by atoms with Gasteiger partial charge in [-0.2, -0.15) is 5.06 Å². The van der Waals surface area contributed by atoms with E-state index in [1.807, 2.05) is 6.92 Å². The van der Waals surface area contributed by atoms with Crippen LogP contribution in [0.1, 0.15) is 6.92 Å². The van der Waals surface area contributed by atoms with Gasteiger partial charge in [0.05, 0.1) is 0 Å². The number of nitrogens with zero attached hydrogens (tertiary/aromatic N) is 1. The highest BCUT2D eigenvalue weighted by atomic mass is 16.5. The molecule has 0 amide bonds. The molecule has 2 heteroatoms. The Morgan fingerprint density at radius 1 is 1.86 bits per heavy atom. The first kappa shape index (κ1) is 6.66. The molecule has 0 aliphatic rings. The van der Waals surface area contributed by atoms with E-state index in [9.17, 15) is 0 Å². The van der Waals surface area contributed by atoms with E-state index in [1.165, 1.54) is 0 Å². The minimum Gasteiger partial charge on any atom is -0.314 e. The molecule has 1 atom stereocenters. The molecule has 0 spiro atoms. The van der Waals surface area contributed by atoms with Crippen LogP contribution in [0.3, 0.4) is 0 Å². The molecule has 2 nitrogen and oxygen atoms in total. The Balaban J connectivity index is 3.33. The second-order valence-electron chi connectivity index (χ2n) is 1.55. The van der Waals surface area contributed by atoms with Crippen LogP contribution in [0.2, 0.25) is 0 Å². The Bertz CT molecular complexity index is 61.1. The van der Waals surface area contributed by atoms with Crippen LogP contribution in [0.4, 0.5) is 0 Å². The van der Waals surface area contributed by atoms with E-state index in [4.69, 9.17) is 5.21 Å². The van der Waals surface area contributed by atoms with Crippen LogP contribution in [0.5, 0.6) is 0 Å². The van der Waals surface area contributed by atoms with Gasteiger partial charge in [-0.25, -0.2) is 0 Å². The van der Waals surface area contributed by atoms with Gasteiger partial charge in [-0.15, -0.1) is 6.58 Å². The van der Waals surface area contributed by atoms with Gasteiger partial charge in [0, 0.05) is 13.1 Å². The lowest BCUT2D eigenvalue weighted by Crippen LogP contribution is -2.22. The Morgan fingerprint density at radius 2 is 2.29 bits per heavy atom. The van der Waals surface area contributed by atoms with Gasteiger partial charge >= 0.3 is 0 Å². The van der Waals surface area contributed by atoms with Crippen molar-refractivity contribution in [3.63, 3.8) is 0 Å². The van der Waals surface area contributed by atoms with Crippen LogP contribution in [-0.2, 0) is 0 Å². The van der Waals surface area contributed by atoms with Gasteiger partial charge in [-0.3, -0.25) is 0 Å². The lowest BCUT2D eigenvalue weighted by Gasteiger charge is -2.11. The molecule has 0 heterocycles. The highest BCUT2D eigenvalue weighted by Crippen LogP contribution is 1.88. The van der Waals surface area contributed by atoms with Crippen LogP contribution in [0.15, 0.2) is 12.7 Å². The van der Waals surface area contributed by atoms with Crippen molar-refractivity contribution in [1.29, 1.82) is 0 Å². The molecule has 0 aliphatic carbocycles. The van der Waals surface area contributed by atoms with Crippen molar-refractivity contribution < 1.29 is 5.21 Å². The first-order valence-corrected chi connectivity index (χ1v) is 2.22. The summed E-state index contributed by atoms with van der Waals surface area (Å²) in [5.74, 6) is 0. The predicted molar refractivity (Wildman–Crippen MR) is 29.2 cm³/mol. The largest absolute Gasteiger partial charge is 0.314 e. The maximum Gasteiger partial charge on any atom is 0.0496 e. The Hall–Kier alpha value is -0.340. The zero-order valence-electron chi connectivity index (χ0n) is 4.76. The molecule has 0 rings (SSSR count). The Morgan fingerprint density at radius 3 is 2.29 bits per heavy atom. The molecule has 0 fully saturated rings. The minimum atomic E-state index is 0.0556. The standard InChI is InChI=1S/C5H11NO/c1-4-5(2)6(3)7/h4-5,7H,1H2,2-3H3. The van der Waals surface area contributed by atoms with Crippen LogP contribution >= 0.6 is 0 Å². The first-order valence-electron chi connectivity index (χ1n) is 2.22. The number of hydroxylamine groups is 2. The van der Waals surface area contributed by atoms with Crippen molar-refractivity contribution in [3.8, 4) is 0 Å². The summed E-state index contributed by atoms with van der Waals surface area (Å²) in [4.78, 5) is 0. The van der Waals surface area contributed by atoms with Gasteiger partial charge in [-0.05, 0) is 6.92 Å². The topological polar surface area (TPSA) is 23.5 Å². The van der Waals surface area contributed by atoms with Crippen molar-refractivity contribution in [2.75, 3.05) is 7.05 Å². The van der Waals surface area contributed by atoms with Gasteiger partial charge in [-0.1, -0.05) is 6.08 Å². The molecular weight excluding hydrogens is 90.1 g/mol. The SMILES string of the molecule is C=CC(C)N(C)O. The first-order chi connectivity index (χ1) is 3.18. The van der Waals surface area contributed by atoms with Crippen molar-refractivity contribution in [2.45, 2.75) is 13.0 Å². The third-order valence-corrected chi connectivity index (χ3v) is 0.931. The van der Waals surface area contributed by atoms with Crippen LogP contribution < -0.4 is 0 Å². The number of likely N-dealkylation sites (N-methyl/N-ethyl adjacent to an activating group) is 1. The molecule has 1 N–H and O–H groups in total. The Kier molecular flexibility index (Phi) is 2.64. The lowest BCUT2D eigenvalue weighted by molar-refractivity contribution is -0.0827. The molecule has 0 aliphatic heterocycles. The molecule has 0 radical (unpaired) electrons. The van der Waals surface area contributed by atoms with Gasteiger partial charge < -0.3 is 5.21 Å². The van der Waals surface area contributed by atoms with Crippen LogP contribution in [0.25, 0.3) is 0 Å². The molecular formula is C5H11NO. The molecule has 0 aromatic rings. The zero-order chi connectivity index (χ0) is 5.86. The summed E-state index contributed by atoms with van der Waals surface area (Å²) in [7, 11) is 1.59. The second-order valence-corrected chi connectivity index (χ2v) is 1.55. The molecule has 0 saturated carbocycles. The molecule has 7 heavy (non-hydrogen) atoms. The quantitative estimate of drug-likeness (QED) is 0.412. The van der Waals surface area contributed by atoms with Gasteiger partial charge in [0.25, 0.3) is 0 Å². The molecule has 42 valence electrons. The normalized spacial score (nSPS) is 14.3. The number of hydrogen-bond acceptors (Lipinski definition) is 2. The average Bonchev–Trinajstić information content (AvgIpc) is 1.65. The van der Waals surface area contributed by atoms with E-state index >= 15 is 0 Å². The van der Waals surface area contributed by atoms with Crippen LogP contribution in [0, 0.1) is 0 Å². The van der Waals surface area contributed by atoms with Crippen molar-refractivity contribution >= 4 is 0 Å². The third kappa shape index (κ3) is 2.37. The summed E-state index contributed by atoms with van der Waals surface area (Å²) in [5.41, 5.74) is 0. The highest BCUT2D eigenvalue weighted by Gasteiger charge is 1.96. The fourth-order valence-corrected chi connectivity index (χ4v) is 0.153. The third-order valence-electron chi connectivity index (χ3n) is 0.931.